The van der Waals surface area contributed by atoms with Gasteiger partial charge in [-0.05, 0) is 42.3 Å². The molecule has 0 heterocycles. The molecule has 0 spiro atoms. The Morgan fingerprint density at radius 1 is 1.00 bits per heavy atom. The zero-order valence-electron chi connectivity index (χ0n) is 13.0. The van der Waals surface area contributed by atoms with Crippen molar-refractivity contribution in [3.8, 4) is 11.5 Å². The lowest BCUT2D eigenvalue weighted by Crippen LogP contribution is -2.32. The maximum atomic E-state index is 11.6. The van der Waals surface area contributed by atoms with Gasteiger partial charge in [-0.15, -0.1) is 0 Å². The van der Waals surface area contributed by atoms with Crippen molar-refractivity contribution in [1.82, 2.24) is 5.32 Å². The molecule has 0 radical (unpaired) electrons. The monoisotopic (exact) mass is 298 g/mol. The Morgan fingerprint density at radius 3 is 2.27 bits per heavy atom. The van der Waals surface area contributed by atoms with Gasteiger partial charge >= 0.3 is 0 Å². The summed E-state index contributed by atoms with van der Waals surface area (Å²) in [7, 11) is 0. The minimum atomic E-state index is -0.00156. The Balaban J connectivity index is 1.80. The summed E-state index contributed by atoms with van der Waals surface area (Å²) < 4.78 is 5.72. The van der Waals surface area contributed by atoms with Crippen LogP contribution in [0.1, 0.15) is 13.8 Å². The zero-order chi connectivity index (χ0) is 15.8. The first-order valence-corrected chi connectivity index (χ1v) is 7.47. The zero-order valence-corrected chi connectivity index (χ0v) is 13.0. The van der Waals surface area contributed by atoms with Crippen molar-refractivity contribution in [2.45, 2.75) is 13.8 Å². The molecule has 0 fully saturated rings. The van der Waals surface area contributed by atoms with Crippen molar-refractivity contribution in [2.75, 3.05) is 18.4 Å². The Hall–Kier alpha value is -2.49. The van der Waals surface area contributed by atoms with Gasteiger partial charge in [0.2, 0.25) is 5.91 Å². The molecule has 0 unspecified atom stereocenters. The Morgan fingerprint density at radius 2 is 1.64 bits per heavy atom. The molecule has 2 rings (SSSR count). The summed E-state index contributed by atoms with van der Waals surface area (Å²) in [6, 6.07) is 17.2. The molecule has 4 heteroatoms. The number of carbonyl (C=O) groups is 1. The lowest BCUT2D eigenvalue weighted by atomic mass is 10.2. The summed E-state index contributed by atoms with van der Waals surface area (Å²) in [5.74, 6) is 2.02. The second-order valence-corrected chi connectivity index (χ2v) is 5.49. The first-order valence-electron chi connectivity index (χ1n) is 7.47. The lowest BCUT2D eigenvalue weighted by Gasteiger charge is -2.10. The van der Waals surface area contributed by atoms with E-state index >= 15 is 0 Å². The van der Waals surface area contributed by atoms with E-state index in [1.165, 1.54) is 0 Å². The largest absolute Gasteiger partial charge is 0.457 e. The third kappa shape index (κ3) is 5.48. The van der Waals surface area contributed by atoms with E-state index in [2.05, 4.69) is 24.5 Å². The van der Waals surface area contributed by atoms with Crippen LogP contribution in [0.25, 0.3) is 0 Å². The first kappa shape index (κ1) is 15.9. The molecule has 2 aromatic rings. The maximum Gasteiger partial charge on any atom is 0.239 e. The average Bonchev–Trinajstić information content (AvgIpc) is 2.53. The molecule has 22 heavy (non-hydrogen) atoms. The van der Waals surface area contributed by atoms with Crippen LogP contribution in [0, 0.1) is 5.92 Å². The Kier molecular flexibility index (Phi) is 5.83. The fourth-order valence-corrected chi connectivity index (χ4v) is 1.83. The van der Waals surface area contributed by atoms with Gasteiger partial charge in [0, 0.05) is 12.2 Å². The number of hydrogen-bond acceptors (Lipinski definition) is 3. The van der Waals surface area contributed by atoms with E-state index in [1.807, 2.05) is 54.6 Å². The third-order valence-electron chi connectivity index (χ3n) is 2.99. The van der Waals surface area contributed by atoms with Crippen LogP contribution in [0.4, 0.5) is 5.69 Å². The average molecular weight is 298 g/mol. The summed E-state index contributed by atoms with van der Waals surface area (Å²) >= 11 is 0. The molecule has 0 atom stereocenters. The predicted molar refractivity (Wildman–Crippen MR) is 89.3 cm³/mol. The minimum absolute atomic E-state index is 0.00156. The molecule has 0 aliphatic carbocycles. The van der Waals surface area contributed by atoms with E-state index < -0.39 is 0 Å². The molecule has 1 amide bonds. The van der Waals surface area contributed by atoms with Gasteiger partial charge in [0.1, 0.15) is 11.5 Å². The van der Waals surface area contributed by atoms with Gasteiger partial charge in [-0.2, -0.15) is 0 Å². The molecule has 0 aromatic heterocycles. The number of hydrogen-bond donors (Lipinski definition) is 2. The second kappa shape index (κ2) is 8.08. The normalized spacial score (nSPS) is 10.3. The third-order valence-corrected chi connectivity index (χ3v) is 2.99. The van der Waals surface area contributed by atoms with Crippen LogP contribution >= 0.6 is 0 Å². The summed E-state index contributed by atoms with van der Waals surface area (Å²) in [6.07, 6.45) is 0. The number of anilines is 1. The smallest absolute Gasteiger partial charge is 0.239 e. The Labute approximate surface area is 131 Å². The van der Waals surface area contributed by atoms with Crippen LogP contribution in [0.3, 0.4) is 0 Å². The molecule has 2 aromatic carbocycles. The number of amides is 1. The van der Waals surface area contributed by atoms with Crippen molar-refractivity contribution in [1.29, 1.82) is 0 Å². The van der Waals surface area contributed by atoms with E-state index in [0.717, 1.165) is 17.2 Å². The fraction of sp³-hybridized carbons (Fsp3) is 0.278. The van der Waals surface area contributed by atoms with Gasteiger partial charge in [-0.25, -0.2) is 0 Å². The molecule has 0 aliphatic rings. The number of nitrogens with one attached hydrogen (secondary N) is 2. The quantitative estimate of drug-likeness (QED) is 0.820. The van der Waals surface area contributed by atoms with Gasteiger partial charge in [-0.1, -0.05) is 32.0 Å². The summed E-state index contributed by atoms with van der Waals surface area (Å²) in [5.41, 5.74) is 0.889. The summed E-state index contributed by atoms with van der Waals surface area (Å²) in [4.78, 5) is 11.6. The van der Waals surface area contributed by atoms with Crippen LogP contribution in [0.5, 0.6) is 11.5 Å². The number of para-hydroxylation sites is 1. The highest BCUT2D eigenvalue weighted by Crippen LogP contribution is 2.22. The van der Waals surface area contributed by atoms with E-state index in [9.17, 15) is 4.79 Å². The van der Waals surface area contributed by atoms with Gasteiger partial charge in [0.25, 0.3) is 0 Å². The van der Waals surface area contributed by atoms with Crippen molar-refractivity contribution in [3.63, 3.8) is 0 Å². The number of benzene rings is 2. The molecule has 0 aliphatic heterocycles. The number of ether oxygens (including phenoxy) is 1. The SMILES string of the molecule is CC(C)CNC(=O)CNc1ccc(Oc2ccccc2)cc1. The lowest BCUT2D eigenvalue weighted by molar-refractivity contribution is -0.119. The molecule has 4 nitrogen and oxygen atoms in total. The van der Waals surface area contributed by atoms with Crippen molar-refractivity contribution in [3.05, 3.63) is 54.6 Å². The van der Waals surface area contributed by atoms with E-state index in [0.29, 0.717) is 12.5 Å². The highest BCUT2D eigenvalue weighted by Gasteiger charge is 2.02. The molecule has 0 saturated heterocycles. The molecule has 0 bridgehead atoms. The van der Waals surface area contributed by atoms with Crippen LogP contribution in [0.15, 0.2) is 54.6 Å². The molecule has 116 valence electrons. The van der Waals surface area contributed by atoms with E-state index in [1.54, 1.807) is 0 Å². The van der Waals surface area contributed by atoms with Crippen LogP contribution in [0.2, 0.25) is 0 Å². The van der Waals surface area contributed by atoms with Crippen molar-refractivity contribution >= 4 is 11.6 Å². The van der Waals surface area contributed by atoms with Crippen LogP contribution in [-0.2, 0) is 4.79 Å². The standard InChI is InChI=1S/C18H22N2O2/c1-14(2)12-20-18(21)13-19-15-8-10-17(11-9-15)22-16-6-4-3-5-7-16/h3-11,14,19H,12-13H2,1-2H3,(H,20,21). The number of carbonyl (C=O) groups excluding carboxylic acids is 1. The van der Waals surface area contributed by atoms with E-state index in [-0.39, 0.29) is 12.5 Å². The highest BCUT2D eigenvalue weighted by molar-refractivity contribution is 5.80. The van der Waals surface area contributed by atoms with Crippen LogP contribution in [-0.4, -0.2) is 19.0 Å². The van der Waals surface area contributed by atoms with Crippen molar-refractivity contribution in [2.24, 2.45) is 5.92 Å². The minimum Gasteiger partial charge on any atom is -0.457 e. The van der Waals surface area contributed by atoms with Gasteiger partial charge in [0.05, 0.1) is 6.54 Å². The highest BCUT2D eigenvalue weighted by atomic mass is 16.5. The van der Waals surface area contributed by atoms with E-state index in [4.69, 9.17) is 4.74 Å². The van der Waals surface area contributed by atoms with Crippen molar-refractivity contribution < 1.29 is 9.53 Å². The predicted octanol–water partition coefficient (Wildman–Crippen LogP) is 3.66. The molecule has 2 N–H and O–H groups in total. The summed E-state index contributed by atoms with van der Waals surface area (Å²) in [6.45, 7) is 5.11. The van der Waals surface area contributed by atoms with Gasteiger partial charge in [-0.3, -0.25) is 4.79 Å². The van der Waals surface area contributed by atoms with Gasteiger partial charge in [0.15, 0.2) is 0 Å². The number of rotatable bonds is 7. The van der Waals surface area contributed by atoms with Crippen LogP contribution < -0.4 is 15.4 Å². The molecule has 0 saturated carbocycles. The fourth-order valence-electron chi connectivity index (χ4n) is 1.83. The first-order chi connectivity index (χ1) is 10.6. The Bertz CT molecular complexity index is 580. The summed E-state index contributed by atoms with van der Waals surface area (Å²) in [5, 5.41) is 5.96. The topological polar surface area (TPSA) is 50.4 Å². The maximum absolute atomic E-state index is 11.6. The van der Waals surface area contributed by atoms with Gasteiger partial charge < -0.3 is 15.4 Å². The molecular weight excluding hydrogens is 276 g/mol. The second-order valence-electron chi connectivity index (χ2n) is 5.49. The molecular formula is C18H22N2O2.